The minimum atomic E-state index is -0.414. The molecule has 0 radical (unpaired) electrons. The van der Waals surface area contributed by atoms with Crippen molar-refractivity contribution in [3.8, 4) is 0 Å². The molecule has 1 fully saturated rings. The molecule has 108 valence electrons. The first-order chi connectivity index (χ1) is 8.88. The zero-order chi connectivity index (χ0) is 14.4. The lowest BCUT2D eigenvalue weighted by Crippen LogP contribution is -2.58. The Morgan fingerprint density at radius 1 is 1.21 bits per heavy atom. The number of esters is 2. The normalized spacial score (nSPS) is 26.4. The molecule has 0 aliphatic carbocycles. The molecule has 3 atom stereocenters. The third-order valence-corrected chi connectivity index (χ3v) is 2.79. The van der Waals surface area contributed by atoms with Gasteiger partial charge in [-0.1, -0.05) is 0 Å². The van der Waals surface area contributed by atoms with E-state index in [1.165, 1.54) is 20.8 Å². The number of hydrogen-bond acceptors (Lipinski definition) is 6. The van der Waals surface area contributed by atoms with E-state index < -0.39 is 12.1 Å². The maximum Gasteiger partial charge on any atom is 0.302 e. The largest absolute Gasteiger partial charge is 0.464 e. The summed E-state index contributed by atoms with van der Waals surface area (Å²) < 4.78 is 10.1. The van der Waals surface area contributed by atoms with Crippen LogP contribution in [0.2, 0.25) is 0 Å². The number of rotatable bonds is 4. The van der Waals surface area contributed by atoms with E-state index in [1.54, 1.807) is 0 Å². The van der Waals surface area contributed by atoms with Crippen LogP contribution in [0.15, 0.2) is 0 Å². The van der Waals surface area contributed by atoms with Gasteiger partial charge in [-0.25, -0.2) is 0 Å². The van der Waals surface area contributed by atoms with Crippen LogP contribution in [0.25, 0.3) is 0 Å². The van der Waals surface area contributed by atoms with Gasteiger partial charge < -0.3 is 20.1 Å². The lowest BCUT2D eigenvalue weighted by Gasteiger charge is -2.36. The Labute approximate surface area is 112 Å². The van der Waals surface area contributed by atoms with E-state index in [0.29, 0.717) is 13.0 Å². The third-order valence-electron chi connectivity index (χ3n) is 2.79. The maximum absolute atomic E-state index is 11.1. The molecule has 0 bridgehead atoms. The number of nitrogens with one attached hydrogen (secondary N) is 2. The molecule has 19 heavy (non-hydrogen) atoms. The first kappa shape index (κ1) is 15.4. The van der Waals surface area contributed by atoms with Gasteiger partial charge in [0.25, 0.3) is 0 Å². The van der Waals surface area contributed by atoms with Crippen LogP contribution in [0.4, 0.5) is 0 Å². The van der Waals surface area contributed by atoms with E-state index in [2.05, 4.69) is 10.6 Å². The molecule has 1 heterocycles. The summed E-state index contributed by atoms with van der Waals surface area (Å²) in [7, 11) is 0. The summed E-state index contributed by atoms with van der Waals surface area (Å²) in [5.41, 5.74) is 0. The summed E-state index contributed by atoms with van der Waals surface area (Å²) in [5, 5.41) is 5.89. The van der Waals surface area contributed by atoms with E-state index in [4.69, 9.17) is 9.47 Å². The summed E-state index contributed by atoms with van der Waals surface area (Å²) >= 11 is 0. The molecule has 1 aliphatic heterocycles. The summed E-state index contributed by atoms with van der Waals surface area (Å²) in [5.74, 6) is -0.925. The number of hydrogen-bond donors (Lipinski definition) is 2. The highest BCUT2D eigenvalue weighted by Crippen LogP contribution is 2.14. The van der Waals surface area contributed by atoms with Gasteiger partial charge in [-0.2, -0.15) is 0 Å². The fourth-order valence-electron chi connectivity index (χ4n) is 2.05. The summed E-state index contributed by atoms with van der Waals surface area (Å²) in [6, 6.07) is -0.353. The first-order valence-electron chi connectivity index (χ1n) is 6.19. The SMILES string of the molecule is CC(=O)N[C@H]1CN[C@H](COC(C)=O)C[C@H]1OC(C)=O. The summed E-state index contributed by atoms with van der Waals surface area (Å²) in [6.07, 6.45) is 0.0702. The molecular formula is C12H20N2O5. The van der Waals surface area contributed by atoms with Crippen molar-refractivity contribution in [2.45, 2.75) is 45.4 Å². The Kier molecular flexibility index (Phi) is 5.75. The second-order valence-electron chi connectivity index (χ2n) is 4.60. The van der Waals surface area contributed by atoms with Crippen LogP contribution < -0.4 is 10.6 Å². The van der Waals surface area contributed by atoms with E-state index >= 15 is 0 Å². The Hall–Kier alpha value is -1.63. The average Bonchev–Trinajstić information content (AvgIpc) is 2.28. The lowest BCUT2D eigenvalue weighted by molar-refractivity contribution is -0.152. The van der Waals surface area contributed by atoms with Crippen LogP contribution in [-0.2, 0) is 23.9 Å². The number of carbonyl (C=O) groups excluding carboxylic acids is 3. The van der Waals surface area contributed by atoms with Crippen molar-refractivity contribution in [2.24, 2.45) is 0 Å². The molecule has 1 rings (SSSR count). The summed E-state index contributed by atoms with van der Waals surface area (Å²) in [6.45, 7) is 4.76. The monoisotopic (exact) mass is 272 g/mol. The molecule has 0 saturated carbocycles. The molecule has 1 aliphatic rings. The highest BCUT2D eigenvalue weighted by atomic mass is 16.5. The van der Waals surface area contributed by atoms with E-state index in [1.807, 2.05) is 0 Å². The Morgan fingerprint density at radius 2 is 1.89 bits per heavy atom. The van der Waals surface area contributed by atoms with Crippen molar-refractivity contribution < 1.29 is 23.9 Å². The number of ether oxygens (including phenoxy) is 2. The van der Waals surface area contributed by atoms with Crippen molar-refractivity contribution in [1.29, 1.82) is 0 Å². The fourth-order valence-corrected chi connectivity index (χ4v) is 2.05. The molecule has 0 unspecified atom stereocenters. The standard InChI is InChI=1S/C12H20N2O5/c1-7(15)14-11-5-13-10(6-18-8(2)16)4-12(11)19-9(3)17/h10-13H,4-6H2,1-3H3,(H,14,15)/t10-,11-,12+/m0/s1. The van der Waals surface area contributed by atoms with Gasteiger partial charge in [0.2, 0.25) is 5.91 Å². The van der Waals surface area contributed by atoms with Crippen LogP contribution >= 0.6 is 0 Å². The molecule has 7 nitrogen and oxygen atoms in total. The van der Waals surface area contributed by atoms with E-state index in [9.17, 15) is 14.4 Å². The van der Waals surface area contributed by atoms with Gasteiger partial charge in [0, 0.05) is 39.8 Å². The van der Waals surface area contributed by atoms with Gasteiger partial charge >= 0.3 is 11.9 Å². The van der Waals surface area contributed by atoms with E-state index in [0.717, 1.165) is 0 Å². The predicted molar refractivity (Wildman–Crippen MR) is 66.2 cm³/mol. The van der Waals surface area contributed by atoms with Gasteiger partial charge in [-0.05, 0) is 0 Å². The molecule has 1 amide bonds. The molecule has 2 N–H and O–H groups in total. The fraction of sp³-hybridized carbons (Fsp3) is 0.750. The van der Waals surface area contributed by atoms with Crippen LogP contribution in [-0.4, -0.2) is 49.2 Å². The highest BCUT2D eigenvalue weighted by Gasteiger charge is 2.33. The minimum absolute atomic E-state index is 0.0849. The predicted octanol–water partition coefficient (Wildman–Crippen LogP) is -0.652. The minimum Gasteiger partial charge on any atom is -0.464 e. The highest BCUT2D eigenvalue weighted by molar-refractivity contribution is 5.73. The molecule has 0 spiro atoms. The van der Waals surface area contributed by atoms with E-state index in [-0.39, 0.29) is 30.6 Å². The second-order valence-corrected chi connectivity index (χ2v) is 4.60. The van der Waals surface area contributed by atoms with Crippen LogP contribution in [0.1, 0.15) is 27.2 Å². The third kappa shape index (κ3) is 5.69. The number of amides is 1. The van der Waals surface area contributed by atoms with Crippen molar-refractivity contribution in [3.05, 3.63) is 0 Å². The van der Waals surface area contributed by atoms with Crippen LogP contribution in [0.3, 0.4) is 0 Å². The van der Waals surface area contributed by atoms with Gasteiger partial charge in [-0.15, -0.1) is 0 Å². The smallest absolute Gasteiger partial charge is 0.302 e. The maximum atomic E-state index is 11.1. The molecule has 0 aromatic heterocycles. The zero-order valence-corrected chi connectivity index (χ0v) is 11.4. The summed E-state index contributed by atoms with van der Waals surface area (Å²) in [4.78, 5) is 32.9. The lowest BCUT2D eigenvalue weighted by atomic mass is 9.97. The van der Waals surface area contributed by atoms with Crippen LogP contribution in [0, 0.1) is 0 Å². The van der Waals surface area contributed by atoms with Crippen molar-refractivity contribution in [2.75, 3.05) is 13.2 Å². The molecular weight excluding hydrogens is 252 g/mol. The van der Waals surface area contributed by atoms with Crippen molar-refractivity contribution >= 4 is 17.8 Å². The Bertz CT molecular complexity index is 358. The number of piperidine rings is 1. The zero-order valence-electron chi connectivity index (χ0n) is 11.4. The molecule has 0 aromatic carbocycles. The molecule has 7 heteroatoms. The van der Waals surface area contributed by atoms with Gasteiger partial charge in [0.1, 0.15) is 12.7 Å². The van der Waals surface area contributed by atoms with Crippen LogP contribution in [0.5, 0.6) is 0 Å². The molecule has 0 aromatic rings. The topological polar surface area (TPSA) is 93.7 Å². The second kappa shape index (κ2) is 7.08. The Morgan fingerprint density at radius 3 is 2.42 bits per heavy atom. The van der Waals surface area contributed by atoms with Gasteiger partial charge in [0.15, 0.2) is 0 Å². The quantitative estimate of drug-likeness (QED) is 0.660. The number of carbonyl (C=O) groups is 3. The van der Waals surface area contributed by atoms with Crippen molar-refractivity contribution in [1.82, 2.24) is 10.6 Å². The molecule has 1 saturated heterocycles. The van der Waals surface area contributed by atoms with Gasteiger partial charge in [0.05, 0.1) is 6.04 Å². The first-order valence-corrected chi connectivity index (χ1v) is 6.19. The van der Waals surface area contributed by atoms with Crippen molar-refractivity contribution in [3.63, 3.8) is 0 Å². The Balaban J connectivity index is 2.56. The van der Waals surface area contributed by atoms with Gasteiger partial charge in [-0.3, -0.25) is 14.4 Å². The average molecular weight is 272 g/mol.